The molecule has 0 unspecified atom stereocenters. The lowest BCUT2D eigenvalue weighted by Crippen LogP contribution is -2.28. The number of aromatic nitrogens is 2. The van der Waals surface area contributed by atoms with Crippen LogP contribution in [0.15, 0.2) is 16.7 Å². The Labute approximate surface area is 130 Å². The topological polar surface area (TPSA) is 105 Å². The molecule has 0 saturated carbocycles. The van der Waals surface area contributed by atoms with Gasteiger partial charge in [0.25, 0.3) is 5.91 Å². The zero-order valence-corrected chi connectivity index (χ0v) is 13.7. The summed E-state index contributed by atoms with van der Waals surface area (Å²) in [6.45, 7) is 6.01. The number of halogens is 1. The van der Waals surface area contributed by atoms with Crippen LogP contribution in [0.1, 0.15) is 26.5 Å². The molecule has 0 atom stereocenters. The summed E-state index contributed by atoms with van der Waals surface area (Å²) < 4.78 is 2.60. The molecule has 0 saturated heterocycles. The van der Waals surface area contributed by atoms with E-state index in [4.69, 9.17) is 10.9 Å². The van der Waals surface area contributed by atoms with Gasteiger partial charge in [-0.15, -0.1) is 0 Å². The van der Waals surface area contributed by atoms with Gasteiger partial charge < -0.3 is 11.1 Å². The Morgan fingerprint density at radius 3 is 2.76 bits per heavy atom. The van der Waals surface area contributed by atoms with Crippen LogP contribution in [0.5, 0.6) is 0 Å². The van der Waals surface area contributed by atoms with Gasteiger partial charge in [-0.25, -0.2) is 10.5 Å². The van der Waals surface area contributed by atoms with Crippen molar-refractivity contribution in [2.45, 2.75) is 26.2 Å². The molecule has 7 nitrogen and oxygen atoms in total. The molecule has 0 aliphatic rings. The molecular weight excluding hydrogens is 338 g/mol. The van der Waals surface area contributed by atoms with Crippen LogP contribution in [0.4, 0.5) is 11.5 Å². The van der Waals surface area contributed by atoms with E-state index < -0.39 is 5.91 Å². The average molecular weight is 356 g/mol. The van der Waals surface area contributed by atoms with Crippen LogP contribution in [-0.4, -0.2) is 27.0 Å². The van der Waals surface area contributed by atoms with Gasteiger partial charge in [-0.05, 0) is 22.0 Å². The van der Waals surface area contributed by atoms with Crippen molar-refractivity contribution in [3.8, 4) is 0 Å². The fourth-order valence-electron chi connectivity index (χ4n) is 2.03. The molecule has 0 aliphatic carbocycles. The Morgan fingerprint density at radius 2 is 2.19 bits per heavy atom. The normalized spacial score (nSPS) is 11.7. The molecule has 0 aliphatic heterocycles. The maximum atomic E-state index is 11.3. The minimum atomic E-state index is -0.534. The first-order chi connectivity index (χ1) is 9.74. The number of fused-ring (bicyclic) bond motifs is 1. The molecule has 21 heavy (non-hydrogen) atoms. The number of nitrogens with two attached hydrogens (primary N) is 1. The molecule has 0 radical (unpaired) electrons. The molecule has 2 aromatic rings. The average Bonchev–Trinajstić information content (AvgIpc) is 2.74. The van der Waals surface area contributed by atoms with Crippen molar-refractivity contribution < 1.29 is 10.0 Å². The third-order valence-electron chi connectivity index (χ3n) is 2.97. The quantitative estimate of drug-likeness (QED) is 0.497. The highest BCUT2D eigenvalue weighted by Crippen LogP contribution is 2.32. The Bertz CT molecular complexity index is 690. The first-order valence-electron chi connectivity index (χ1n) is 6.38. The summed E-state index contributed by atoms with van der Waals surface area (Å²) in [6, 6.07) is 1.78. The Kier molecular flexibility index (Phi) is 4.11. The summed E-state index contributed by atoms with van der Waals surface area (Å²) in [5, 5.41) is 11.6. The van der Waals surface area contributed by atoms with E-state index in [1.165, 1.54) is 0 Å². The number of rotatable bonds is 3. The van der Waals surface area contributed by atoms with E-state index >= 15 is 0 Å². The fourth-order valence-corrected chi connectivity index (χ4v) is 2.48. The second-order valence-corrected chi connectivity index (χ2v) is 6.67. The van der Waals surface area contributed by atoms with Crippen molar-refractivity contribution in [3.05, 3.63) is 22.4 Å². The first kappa shape index (κ1) is 15.6. The largest absolute Gasteiger partial charge is 0.396 e. The van der Waals surface area contributed by atoms with E-state index in [2.05, 4.69) is 26.2 Å². The Morgan fingerprint density at radius 1 is 1.52 bits per heavy atom. The maximum absolute atomic E-state index is 11.3. The van der Waals surface area contributed by atoms with Gasteiger partial charge in [0.05, 0.1) is 17.9 Å². The number of nitrogens with zero attached hydrogens (tertiary/aromatic N) is 2. The molecule has 0 bridgehead atoms. The maximum Gasteiger partial charge on any atom is 0.262 e. The molecule has 2 rings (SSSR count). The molecule has 0 aromatic carbocycles. The smallest absolute Gasteiger partial charge is 0.262 e. The van der Waals surface area contributed by atoms with Crippen molar-refractivity contribution >= 4 is 39.0 Å². The van der Waals surface area contributed by atoms with E-state index in [1.54, 1.807) is 15.9 Å². The van der Waals surface area contributed by atoms with Crippen LogP contribution in [0, 0.1) is 0 Å². The minimum Gasteiger partial charge on any atom is -0.396 e. The van der Waals surface area contributed by atoms with E-state index in [-0.39, 0.29) is 12.0 Å². The number of anilines is 2. The number of amides is 1. The van der Waals surface area contributed by atoms with Crippen molar-refractivity contribution in [2.24, 2.45) is 0 Å². The lowest BCUT2D eigenvalue weighted by atomic mass is 9.92. The number of carbonyl (C=O) groups excluding carboxylic acids is 1. The summed E-state index contributed by atoms with van der Waals surface area (Å²) in [4.78, 5) is 15.8. The van der Waals surface area contributed by atoms with Gasteiger partial charge in [0, 0.05) is 16.1 Å². The van der Waals surface area contributed by atoms with Crippen LogP contribution in [-0.2, 0) is 10.2 Å². The zero-order valence-electron chi connectivity index (χ0n) is 12.1. The number of imidazole rings is 1. The van der Waals surface area contributed by atoms with E-state index in [9.17, 15) is 4.79 Å². The van der Waals surface area contributed by atoms with Gasteiger partial charge in [-0.3, -0.25) is 14.4 Å². The Hall–Kier alpha value is -1.80. The monoisotopic (exact) mass is 355 g/mol. The van der Waals surface area contributed by atoms with E-state index in [0.29, 0.717) is 17.2 Å². The highest BCUT2D eigenvalue weighted by Gasteiger charge is 2.25. The first-order valence-corrected chi connectivity index (χ1v) is 7.17. The van der Waals surface area contributed by atoms with Crippen LogP contribution in [0.2, 0.25) is 0 Å². The standard InChI is InChI=1S/C13H18BrN5O2/c1-13(2,3)10-12(16-5-9(20)18-21)19-6-7(14)4-8(15)11(19)17-10/h4,6,16,21H,5,15H2,1-3H3,(H,18,20). The predicted octanol–water partition coefficient (Wildman–Crippen LogP) is 1.89. The van der Waals surface area contributed by atoms with Crippen LogP contribution >= 0.6 is 15.9 Å². The van der Waals surface area contributed by atoms with Gasteiger partial charge >= 0.3 is 0 Å². The number of nitrogen functional groups attached to an aromatic ring is 1. The second kappa shape index (κ2) is 5.53. The van der Waals surface area contributed by atoms with Crippen LogP contribution in [0.3, 0.4) is 0 Å². The zero-order chi connectivity index (χ0) is 15.8. The van der Waals surface area contributed by atoms with Gasteiger partial charge in [-0.2, -0.15) is 0 Å². The number of hydroxylamine groups is 1. The summed E-state index contributed by atoms with van der Waals surface area (Å²) >= 11 is 3.40. The summed E-state index contributed by atoms with van der Waals surface area (Å²) in [5.74, 6) is 0.141. The number of carbonyl (C=O) groups is 1. The summed E-state index contributed by atoms with van der Waals surface area (Å²) in [6.07, 6.45) is 1.83. The van der Waals surface area contributed by atoms with Gasteiger partial charge in [0.1, 0.15) is 5.82 Å². The van der Waals surface area contributed by atoms with Gasteiger partial charge in [-0.1, -0.05) is 20.8 Å². The van der Waals surface area contributed by atoms with Crippen molar-refractivity contribution in [2.75, 3.05) is 17.6 Å². The highest BCUT2D eigenvalue weighted by molar-refractivity contribution is 9.10. The molecule has 1 amide bonds. The molecular formula is C13H18BrN5O2. The molecule has 114 valence electrons. The number of pyridine rings is 1. The van der Waals surface area contributed by atoms with Crippen molar-refractivity contribution in [3.63, 3.8) is 0 Å². The second-order valence-electron chi connectivity index (χ2n) is 5.75. The molecule has 8 heteroatoms. The number of nitrogens with one attached hydrogen (secondary N) is 2. The number of hydrogen-bond donors (Lipinski definition) is 4. The molecule has 0 spiro atoms. The van der Waals surface area contributed by atoms with Crippen molar-refractivity contribution in [1.29, 1.82) is 0 Å². The molecule has 0 fully saturated rings. The summed E-state index contributed by atoms with van der Waals surface area (Å²) in [5.41, 5.74) is 9.31. The van der Waals surface area contributed by atoms with Gasteiger partial charge in [0.2, 0.25) is 0 Å². The third-order valence-corrected chi connectivity index (χ3v) is 3.40. The SMILES string of the molecule is CC(C)(C)c1nc2c(N)cc(Br)cn2c1NCC(=O)NO. The van der Waals surface area contributed by atoms with Gasteiger partial charge in [0.15, 0.2) is 5.65 Å². The Balaban J connectivity index is 2.60. The predicted molar refractivity (Wildman–Crippen MR) is 84.4 cm³/mol. The summed E-state index contributed by atoms with van der Waals surface area (Å²) in [7, 11) is 0. The van der Waals surface area contributed by atoms with Crippen molar-refractivity contribution in [1.82, 2.24) is 14.9 Å². The van der Waals surface area contributed by atoms with Crippen LogP contribution < -0.4 is 16.5 Å². The highest BCUT2D eigenvalue weighted by atomic mass is 79.9. The lowest BCUT2D eigenvalue weighted by Gasteiger charge is -2.18. The number of hydrogen-bond acceptors (Lipinski definition) is 5. The van der Waals surface area contributed by atoms with E-state index in [0.717, 1.165) is 10.2 Å². The van der Waals surface area contributed by atoms with E-state index in [1.807, 2.05) is 27.0 Å². The lowest BCUT2D eigenvalue weighted by molar-refractivity contribution is -0.127. The molecule has 2 heterocycles. The minimum absolute atomic E-state index is 0.0697. The fraction of sp³-hybridized carbons (Fsp3) is 0.385. The molecule has 5 N–H and O–H groups in total. The third kappa shape index (κ3) is 3.11. The molecule has 2 aromatic heterocycles. The van der Waals surface area contributed by atoms with Crippen LogP contribution in [0.25, 0.3) is 5.65 Å².